The minimum Gasteiger partial charge on any atom is -0.378 e. The van der Waals surface area contributed by atoms with Crippen LogP contribution in [-0.4, -0.2) is 88.2 Å². The Bertz CT molecular complexity index is 478. The van der Waals surface area contributed by atoms with Crippen molar-refractivity contribution in [3.63, 3.8) is 0 Å². The largest absolute Gasteiger partial charge is 0.378 e. The van der Waals surface area contributed by atoms with Gasteiger partial charge in [0.15, 0.2) is 5.96 Å². The van der Waals surface area contributed by atoms with Crippen molar-refractivity contribution in [1.82, 2.24) is 14.5 Å². The van der Waals surface area contributed by atoms with Gasteiger partial charge in [-0.2, -0.15) is 4.31 Å². The molecular weight excluding hydrogens is 330 g/mol. The Hall–Kier alpha value is -1.00. The van der Waals surface area contributed by atoms with Crippen molar-refractivity contribution < 1.29 is 21.9 Å². The van der Waals surface area contributed by atoms with E-state index in [-0.39, 0.29) is 18.5 Å². The van der Waals surface area contributed by atoms with Crippen molar-refractivity contribution in [2.45, 2.75) is 26.4 Å². The summed E-state index contributed by atoms with van der Waals surface area (Å²) in [6.45, 7) is 4.82. The molecule has 1 fully saturated rings. The van der Waals surface area contributed by atoms with Gasteiger partial charge < -0.3 is 15.0 Å². The number of ether oxygens (including phenoxy) is 1. The van der Waals surface area contributed by atoms with Gasteiger partial charge in [0, 0.05) is 33.2 Å². The summed E-state index contributed by atoms with van der Waals surface area (Å²) < 4.78 is 55.6. The number of nitrogens with zero attached hydrogens (tertiary/aromatic N) is 3. The maximum atomic E-state index is 12.3. The van der Waals surface area contributed by atoms with Crippen LogP contribution in [0.25, 0.3) is 0 Å². The summed E-state index contributed by atoms with van der Waals surface area (Å²) in [4.78, 5) is 5.73. The predicted octanol–water partition coefficient (Wildman–Crippen LogP) is 0.199. The molecule has 0 radical (unpaired) electrons. The molecule has 10 heteroatoms. The van der Waals surface area contributed by atoms with E-state index in [9.17, 15) is 17.2 Å². The lowest BCUT2D eigenvalue weighted by Gasteiger charge is -2.35. The molecule has 7 nitrogen and oxygen atoms in total. The zero-order valence-electron chi connectivity index (χ0n) is 13.8. The van der Waals surface area contributed by atoms with Gasteiger partial charge in [-0.25, -0.2) is 17.2 Å². The van der Waals surface area contributed by atoms with Gasteiger partial charge in [-0.05, 0) is 13.8 Å². The number of halogens is 2. The van der Waals surface area contributed by atoms with Crippen molar-refractivity contribution >= 4 is 16.0 Å². The first-order valence-electron chi connectivity index (χ1n) is 7.59. The highest BCUT2D eigenvalue weighted by atomic mass is 32.2. The van der Waals surface area contributed by atoms with Crippen LogP contribution in [0, 0.1) is 0 Å². The van der Waals surface area contributed by atoms with Crippen LogP contribution in [0.1, 0.15) is 13.8 Å². The average Bonchev–Trinajstić information content (AvgIpc) is 2.47. The molecule has 23 heavy (non-hydrogen) atoms. The Labute approximate surface area is 136 Å². The monoisotopic (exact) mass is 356 g/mol. The normalized spacial score (nSPS) is 18.0. The van der Waals surface area contributed by atoms with Gasteiger partial charge in [-0.1, -0.05) is 0 Å². The Balaban J connectivity index is 2.47. The van der Waals surface area contributed by atoms with E-state index in [1.54, 1.807) is 4.90 Å². The second-order valence-corrected chi connectivity index (χ2v) is 7.53. The molecule has 0 spiro atoms. The second-order valence-electron chi connectivity index (χ2n) is 5.44. The van der Waals surface area contributed by atoms with Gasteiger partial charge in [0.25, 0.3) is 6.43 Å². The number of hydrogen-bond donors (Lipinski definition) is 1. The number of nitrogens with one attached hydrogen (secondary N) is 1. The molecule has 0 aromatic carbocycles. The molecule has 0 aromatic rings. The number of alkyl halides is 2. The topological polar surface area (TPSA) is 74.2 Å². The molecular formula is C13H26F2N4O3S. The molecule has 1 N–H and O–H groups in total. The molecule has 1 saturated heterocycles. The quantitative estimate of drug-likeness (QED) is 0.521. The summed E-state index contributed by atoms with van der Waals surface area (Å²) in [5.74, 6) is 0.314. The lowest BCUT2D eigenvalue weighted by molar-refractivity contribution is 0.0904. The minimum atomic E-state index is -3.36. The summed E-state index contributed by atoms with van der Waals surface area (Å²) in [7, 11) is -1.85. The van der Waals surface area contributed by atoms with Gasteiger partial charge in [0.05, 0.1) is 25.0 Å². The highest BCUT2D eigenvalue weighted by Crippen LogP contribution is 2.09. The maximum Gasteiger partial charge on any atom is 0.255 e. The number of guanidine groups is 1. The molecule has 0 amide bonds. The van der Waals surface area contributed by atoms with Crippen LogP contribution in [0.3, 0.4) is 0 Å². The first kappa shape index (κ1) is 20.0. The third-order valence-corrected chi connectivity index (χ3v) is 5.18. The van der Waals surface area contributed by atoms with Gasteiger partial charge in [0.1, 0.15) is 0 Å². The van der Waals surface area contributed by atoms with E-state index in [2.05, 4.69) is 10.3 Å². The summed E-state index contributed by atoms with van der Waals surface area (Å²) in [5, 5.41) is 2.58. The lowest BCUT2D eigenvalue weighted by Crippen LogP contribution is -2.54. The van der Waals surface area contributed by atoms with E-state index in [0.29, 0.717) is 32.1 Å². The third kappa shape index (κ3) is 6.96. The molecule has 136 valence electrons. The summed E-state index contributed by atoms with van der Waals surface area (Å²) in [5.41, 5.74) is 0. The third-order valence-electron chi connectivity index (χ3n) is 3.35. The smallest absolute Gasteiger partial charge is 0.255 e. The van der Waals surface area contributed by atoms with Crippen LogP contribution in [0.4, 0.5) is 8.78 Å². The zero-order chi connectivity index (χ0) is 17.5. The average molecular weight is 356 g/mol. The van der Waals surface area contributed by atoms with Gasteiger partial charge in [-0.3, -0.25) is 4.99 Å². The first-order valence-corrected chi connectivity index (χ1v) is 9.20. The second kappa shape index (κ2) is 9.33. The molecule has 0 saturated carbocycles. The standard InChI is InChI=1S/C13H26F2N4O3S/c1-11(2)22-8-9-23(20,21)19-6-4-18(5-7-19)13(16-3)17-10-12(14)15/h11-12H,4-10H2,1-3H3,(H,16,17). The van der Waals surface area contributed by atoms with E-state index in [4.69, 9.17) is 4.74 Å². The Morgan fingerprint density at radius 2 is 1.87 bits per heavy atom. The van der Waals surface area contributed by atoms with E-state index < -0.39 is 23.0 Å². The van der Waals surface area contributed by atoms with Crippen molar-refractivity contribution in [3.8, 4) is 0 Å². The Morgan fingerprint density at radius 3 is 2.35 bits per heavy atom. The predicted molar refractivity (Wildman–Crippen MR) is 85.4 cm³/mol. The summed E-state index contributed by atoms with van der Waals surface area (Å²) in [6, 6.07) is 0. The Kier molecular flexibility index (Phi) is 8.13. The van der Waals surface area contributed by atoms with E-state index in [0.717, 1.165) is 0 Å². The van der Waals surface area contributed by atoms with Gasteiger partial charge in [-0.15, -0.1) is 0 Å². The van der Waals surface area contributed by atoms with Gasteiger partial charge >= 0.3 is 0 Å². The molecule has 0 unspecified atom stereocenters. The van der Waals surface area contributed by atoms with Crippen LogP contribution in [0.5, 0.6) is 0 Å². The fourth-order valence-electron chi connectivity index (χ4n) is 2.20. The van der Waals surface area contributed by atoms with Crippen LogP contribution in [0.15, 0.2) is 4.99 Å². The SMILES string of the molecule is CN=C(NCC(F)F)N1CCN(S(=O)(=O)CCOC(C)C)CC1. The van der Waals surface area contributed by atoms with Crippen LogP contribution in [-0.2, 0) is 14.8 Å². The fraction of sp³-hybridized carbons (Fsp3) is 0.923. The summed E-state index contributed by atoms with van der Waals surface area (Å²) >= 11 is 0. The van der Waals surface area contributed by atoms with Crippen LogP contribution in [0.2, 0.25) is 0 Å². The molecule has 1 aliphatic heterocycles. The van der Waals surface area contributed by atoms with Crippen molar-refractivity contribution in [3.05, 3.63) is 0 Å². The molecule has 1 rings (SSSR count). The van der Waals surface area contributed by atoms with Crippen molar-refractivity contribution in [1.29, 1.82) is 0 Å². The van der Waals surface area contributed by atoms with E-state index in [1.807, 2.05) is 13.8 Å². The molecule has 1 aliphatic rings. The highest BCUT2D eigenvalue weighted by Gasteiger charge is 2.28. The van der Waals surface area contributed by atoms with Crippen LogP contribution >= 0.6 is 0 Å². The van der Waals surface area contributed by atoms with Crippen molar-refractivity contribution in [2.75, 3.05) is 52.1 Å². The number of sulfonamides is 1. The van der Waals surface area contributed by atoms with Crippen LogP contribution < -0.4 is 5.32 Å². The number of hydrogen-bond acceptors (Lipinski definition) is 4. The maximum absolute atomic E-state index is 12.3. The number of aliphatic imine (C=N–C) groups is 1. The van der Waals surface area contributed by atoms with E-state index >= 15 is 0 Å². The lowest BCUT2D eigenvalue weighted by atomic mass is 10.4. The number of rotatable bonds is 7. The van der Waals surface area contributed by atoms with Crippen molar-refractivity contribution in [2.24, 2.45) is 4.99 Å². The Morgan fingerprint density at radius 1 is 1.26 bits per heavy atom. The minimum absolute atomic E-state index is 0.00807. The number of piperazine rings is 1. The molecule has 0 bridgehead atoms. The van der Waals surface area contributed by atoms with E-state index in [1.165, 1.54) is 11.4 Å². The molecule has 0 aromatic heterocycles. The summed E-state index contributed by atoms with van der Waals surface area (Å²) in [6.07, 6.45) is -2.47. The zero-order valence-corrected chi connectivity index (χ0v) is 14.7. The molecule has 0 atom stereocenters. The molecule has 1 heterocycles. The highest BCUT2D eigenvalue weighted by molar-refractivity contribution is 7.89. The first-order chi connectivity index (χ1) is 10.8. The fourth-order valence-corrected chi connectivity index (χ4v) is 3.48. The molecule has 0 aliphatic carbocycles. The van der Waals surface area contributed by atoms with Gasteiger partial charge in [0.2, 0.25) is 10.0 Å².